The van der Waals surface area contributed by atoms with Crippen molar-refractivity contribution >= 4 is 23.4 Å². The minimum Gasteiger partial charge on any atom is -0.479 e. The van der Waals surface area contributed by atoms with Crippen LogP contribution in [-0.2, 0) is 9.59 Å². The van der Waals surface area contributed by atoms with Crippen molar-refractivity contribution in [2.45, 2.75) is 32.3 Å². The van der Waals surface area contributed by atoms with E-state index in [0.29, 0.717) is 43.2 Å². The number of nitrogens with zero attached hydrogens (tertiary/aromatic N) is 3. The van der Waals surface area contributed by atoms with Crippen molar-refractivity contribution in [2.24, 2.45) is 5.92 Å². The molecular weight excluding hydrogens is 346 g/mol. The molecule has 3 amide bonds. The Morgan fingerprint density at radius 1 is 1.07 bits per heavy atom. The molecule has 0 spiro atoms. The lowest BCUT2D eigenvalue weighted by Crippen LogP contribution is -2.42. The van der Waals surface area contributed by atoms with Gasteiger partial charge < -0.3 is 19.4 Å². The first-order valence-electron chi connectivity index (χ1n) is 9.62. The van der Waals surface area contributed by atoms with Gasteiger partial charge >= 0.3 is 0 Å². The van der Waals surface area contributed by atoms with Gasteiger partial charge in [0.05, 0.1) is 5.69 Å². The monoisotopic (exact) mass is 371 g/mol. The van der Waals surface area contributed by atoms with Crippen molar-refractivity contribution in [3.05, 3.63) is 23.8 Å². The molecule has 2 aliphatic heterocycles. The number of ether oxygens (including phenoxy) is 1. The molecule has 1 saturated carbocycles. The van der Waals surface area contributed by atoms with Crippen LogP contribution in [-0.4, -0.2) is 66.9 Å². The molecule has 144 valence electrons. The standard InChI is InChI=1S/C20H25N3O4/c1-13-18(24)21(2)16-12-15(6-7-17(16)27-13)20(26)23-9-3-8-22(10-11-23)19(25)14-4-5-14/h6-7,12-14H,3-5,8-11H2,1-2H3. The number of rotatable bonds is 2. The Labute approximate surface area is 158 Å². The van der Waals surface area contributed by atoms with E-state index in [-0.39, 0.29) is 23.6 Å². The highest BCUT2D eigenvalue weighted by Crippen LogP contribution is 2.34. The van der Waals surface area contributed by atoms with Crippen molar-refractivity contribution in [3.8, 4) is 5.75 Å². The molecule has 0 aromatic heterocycles. The minimum atomic E-state index is -0.523. The third-order valence-corrected chi connectivity index (χ3v) is 5.57. The van der Waals surface area contributed by atoms with E-state index in [4.69, 9.17) is 4.74 Å². The van der Waals surface area contributed by atoms with Gasteiger partial charge in [-0.05, 0) is 44.4 Å². The number of carbonyl (C=O) groups is 3. The molecule has 1 unspecified atom stereocenters. The van der Waals surface area contributed by atoms with E-state index in [2.05, 4.69) is 0 Å². The van der Waals surface area contributed by atoms with Gasteiger partial charge in [0.15, 0.2) is 6.10 Å². The van der Waals surface area contributed by atoms with Gasteiger partial charge in [0.25, 0.3) is 11.8 Å². The van der Waals surface area contributed by atoms with E-state index in [1.807, 2.05) is 4.90 Å². The smallest absolute Gasteiger partial charge is 0.267 e. The Balaban J connectivity index is 1.48. The van der Waals surface area contributed by atoms with Crippen LogP contribution in [0.1, 0.15) is 36.5 Å². The lowest BCUT2D eigenvalue weighted by Gasteiger charge is -2.31. The molecular formula is C20H25N3O4. The van der Waals surface area contributed by atoms with Gasteiger partial charge in [0, 0.05) is 44.7 Å². The number of hydrogen-bond donors (Lipinski definition) is 0. The van der Waals surface area contributed by atoms with Crippen molar-refractivity contribution in [3.63, 3.8) is 0 Å². The Hall–Kier alpha value is -2.57. The molecule has 1 atom stereocenters. The fourth-order valence-electron chi connectivity index (χ4n) is 3.76. The van der Waals surface area contributed by atoms with Gasteiger partial charge in [-0.3, -0.25) is 14.4 Å². The Morgan fingerprint density at radius 2 is 1.78 bits per heavy atom. The molecule has 0 bridgehead atoms. The van der Waals surface area contributed by atoms with E-state index in [0.717, 1.165) is 19.3 Å². The highest BCUT2D eigenvalue weighted by atomic mass is 16.5. The second-order valence-electron chi connectivity index (χ2n) is 7.59. The van der Waals surface area contributed by atoms with Crippen LogP contribution in [0, 0.1) is 5.92 Å². The van der Waals surface area contributed by atoms with Crippen molar-refractivity contribution in [1.29, 1.82) is 0 Å². The zero-order valence-corrected chi connectivity index (χ0v) is 15.8. The van der Waals surface area contributed by atoms with Gasteiger partial charge in [-0.1, -0.05) is 0 Å². The summed E-state index contributed by atoms with van der Waals surface area (Å²) in [7, 11) is 1.70. The summed E-state index contributed by atoms with van der Waals surface area (Å²) in [5.74, 6) is 0.861. The van der Waals surface area contributed by atoms with Crippen LogP contribution in [0.15, 0.2) is 18.2 Å². The van der Waals surface area contributed by atoms with Gasteiger partial charge in [-0.25, -0.2) is 0 Å². The zero-order valence-electron chi connectivity index (χ0n) is 15.8. The van der Waals surface area contributed by atoms with Gasteiger partial charge in [-0.15, -0.1) is 0 Å². The van der Waals surface area contributed by atoms with E-state index in [1.165, 1.54) is 0 Å². The third kappa shape index (κ3) is 3.38. The maximum atomic E-state index is 13.0. The van der Waals surface area contributed by atoms with E-state index >= 15 is 0 Å². The molecule has 2 fully saturated rings. The van der Waals surface area contributed by atoms with Crippen molar-refractivity contribution < 1.29 is 19.1 Å². The number of likely N-dealkylation sites (N-methyl/N-ethyl adjacent to an activating group) is 1. The van der Waals surface area contributed by atoms with Crippen LogP contribution in [0.25, 0.3) is 0 Å². The highest BCUT2D eigenvalue weighted by molar-refractivity contribution is 6.02. The maximum Gasteiger partial charge on any atom is 0.267 e. The summed E-state index contributed by atoms with van der Waals surface area (Å²) >= 11 is 0. The Kier molecular flexibility index (Phi) is 4.53. The van der Waals surface area contributed by atoms with Crippen LogP contribution in [0.2, 0.25) is 0 Å². The molecule has 4 rings (SSSR count). The molecule has 1 aliphatic carbocycles. The van der Waals surface area contributed by atoms with E-state index in [1.54, 1.807) is 42.0 Å². The second kappa shape index (κ2) is 6.87. The van der Waals surface area contributed by atoms with Gasteiger partial charge in [0.1, 0.15) is 5.75 Å². The molecule has 0 radical (unpaired) electrons. The third-order valence-electron chi connectivity index (χ3n) is 5.57. The summed E-state index contributed by atoms with van der Waals surface area (Å²) in [6.45, 7) is 4.19. The zero-order chi connectivity index (χ0) is 19.1. The average Bonchev–Trinajstić information content (AvgIpc) is 3.51. The SMILES string of the molecule is CC1Oc2ccc(C(=O)N3CCCN(C(=O)C4CC4)CC3)cc2N(C)C1=O. The topological polar surface area (TPSA) is 70.2 Å². The number of benzene rings is 1. The summed E-state index contributed by atoms with van der Waals surface area (Å²) in [4.78, 5) is 42.7. The van der Waals surface area contributed by atoms with E-state index < -0.39 is 6.10 Å². The maximum absolute atomic E-state index is 13.0. The molecule has 1 aromatic rings. The highest BCUT2D eigenvalue weighted by Gasteiger charge is 2.35. The number of anilines is 1. The first-order valence-corrected chi connectivity index (χ1v) is 9.62. The Morgan fingerprint density at radius 3 is 2.52 bits per heavy atom. The summed E-state index contributed by atoms with van der Waals surface area (Å²) in [6.07, 6.45) is 2.26. The number of carbonyl (C=O) groups excluding carboxylic acids is 3. The second-order valence-corrected chi connectivity index (χ2v) is 7.59. The first kappa shape index (κ1) is 17.8. The fraction of sp³-hybridized carbons (Fsp3) is 0.550. The van der Waals surface area contributed by atoms with Gasteiger partial charge in [0.2, 0.25) is 5.91 Å². The van der Waals surface area contributed by atoms with Crippen LogP contribution in [0.3, 0.4) is 0 Å². The van der Waals surface area contributed by atoms with E-state index in [9.17, 15) is 14.4 Å². The number of fused-ring (bicyclic) bond motifs is 1. The minimum absolute atomic E-state index is 0.0713. The molecule has 7 heteroatoms. The summed E-state index contributed by atoms with van der Waals surface area (Å²) in [5, 5.41) is 0. The molecule has 1 aromatic carbocycles. The average molecular weight is 371 g/mol. The normalized spacial score (nSPS) is 22.8. The first-order chi connectivity index (χ1) is 13.0. The van der Waals surface area contributed by atoms with Crippen LogP contribution in [0.4, 0.5) is 5.69 Å². The van der Waals surface area contributed by atoms with Crippen molar-refractivity contribution in [1.82, 2.24) is 9.80 Å². The quantitative estimate of drug-likeness (QED) is 0.790. The van der Waals surface area contributed by atoms with Crippen LogP contribution in [0.5, 0.6) is 5.75 Å². The molecule has 7 nitrogen and oxygen atoms in total. The fourth-order valence-corrected chi connectivity index (χ4v) is 3.76. The van der Waals surface area contributed by atoms with Gasteiger partial charge in [-0.2, -0.15) is 0 Å². The number of hydrogen-bond acceptors (Lipinski definition) is 4. The molecule has 3 aliphatic rings. The predicted molar refractivity (Wildman–Crippen MR) is 99.8 cm³/mol. The molecule has 1 saturated heterocycles. The molecule has 27 heavy (non-hydrogen) atoms. The molecule has 2 heterocycles. The summed E-state index contributed by atoms with van der Waals surface area (Å²) in [5.41, 5.74) is 1.15. The van der Waals surface area contributed by atoms with Crippen LogP contribution < -0.4 is 9.64 Å². The largest absolute Gasteiger partial charge is 0.479 e. The van der Waals surface area contributed by atoms with Crippen molar-refractivity contribution in [2.75, 3.05) is 38.1 Å². The summed E-state index contributed by atoms with van der Waals surface area (Å²) in [6, 6.07) is 5.22. The Bertz CT molecular complexity index is 789. The number of amides is 3. The predicted octanol–water partition coefficient (Wildman–Crippen LogP) is 1.51. The van der Waals surface area contributed by atoms with Crippen LogP contribution >= 0.6 is 0 Å². The molecule has 0 N–H and O–H groups in total. The lowest BCUT2D eigenvalue weighted by atomic mass is 10.1. The summed E-state index contributed by atoms with van der Waals surface area (Å²) < 4.78 is 5.62. The lowest BCUT2D eigenvalue weighted by molar-refractivity contribution is -0.132.